The number of rotatable bonds is 1. The third-order valence-electron chi connectivity index (χ3n) is 5.46. The van der Waals surface area contributed by atoms with Crippen LogP contribution in [0.1, 0.15) is 47.1 Å². The minimum absolute atomic E-state index is 0.265. The van der Waals surface area contributed by atoms with Gasteiger partial charge in [0.15, 0.2) is 5.78 Å². The number of carbonyl (C=O) groups excluding carboxylic acids is 1. The average molecular weight is 258 g/mol. The number of aromatic nitrogens is 1. The lowest BCUT2D eigenvalue weighted by atomic mass is 9.73. The van der Waals surface area contributed by atoms with Gasteiger partial charge in [-0.1, -0.05) is 6.92 Å². The van der Waals surface area contributed by atoms with Crippen molar-refractivity contribution in [3.8, 4) is 0 Å². The first-order valence-electron chi connectivity index (χ1n) is 7.77. The van der Waals surface area contributed by atoms with Crippen molar-refractivity contribution in [2.75, 3.05) is 19.6 Å². The highest BCUT2D eigenvalue weighted by atomic mass is 16.1. The van der Waals surface area contributed by atoms with Crippen LogP contribution in [0.4, 0.5) is 0 Å². The number of H-pyrrole nitrogens is 1. The minimum Gasteiger partial charge on any atom is -0.361 e. The fourth-order valence-corrected chi connectivity index (χ4v) is 4.38. The summed E-state index contributed by atoms with van der Waals surface area (Å²) in [6.45, 7) is 5.43. The molecule has 0 bridgehead atoms. The van der Waals surface area contributed by atoms with Gasteiger partial charge in [0.1, 0.15) is 0 Å². The minimum atomic E-state index is 0.265. The smallest absolute Gasteiger partial charge is 0.169 e. The predicted octanol–water partition coefficient (Wildman–Crippen LogP) is 2.20. The Morgan fingerprint density at radius 1 is 1.32 bits per heavy atom. The number of Topliss-reactive ketones (excluding diaryl/α,β-unsaturated/α-hetero) is 1. The van der Waals surface area contributed by atoms with Crippen molar-refractivity contribution in [1.29, 1.82) is 0 Å². The van der Waals surface area contributed by atoms with E-state index in [0.717, 1.165) is 37.9 Å². The first kappa shape index (κ1) is 11.7. The molecule has 1 aromatic rings. The summed E-state index contributed by atoms with van der Waals surface area (Å²) in [6, 6.07) is 0. The van der Waals surface area contributed by atoms with Gasteiger partial charge in [-0.2, -0.15) is 0 Å². The fraction of sp³-hybridized carbons (Fsp3) is 0.688. The van der Waals surface area contributed by atoms with Crippen LogP contribution < -0.4 is 0 Å². The normalized spacial score (nSPS) is 30.1. The number of hydrogen-bond donors (Lipinski definition) is 1. The number of nitrogens with zero attached hydrogens (tertiary/aromatic N) is 1. The van der Waals surface area contributed by atoms with Crippen molar-refractivity contribution in [2.45, 2.75) is 39.0 Å². The van der Waals surface area contributed by atoms with Gasteiger partial charge in [-0.25, -0.2) is 0 Å². The summed E-state index contributed by atoms with van der Waals surface area (Å²) < 4.78 is 0. The molecule has 1 aliphatic heterocycles. The first-order valence-corrected chi connectivity index (χ1v) is 7.77. The highest BCUT2D eigenvalue weighted by Crippen LogP contribution is 2.39. The van der Waals surface area contributed by atoms with Gasteiger partial charge in [-0.05, 0) is 56.7 Å². The highest BCUT2D eigenvalue weighted by molar-refractivity contribution is 6.02. The topological polar surface area (TPSA) is 36.1 Å². The van der Waals surface area contributed by atoms with Gasteiger partial charge >= 0.3 is 0 Å². The van der Waals surface area contributed by atoms with Gasteiger partial charge < -0.3 is 9.88 Å². The maximum absolute atomic E-state index is 12.9. The Balaban J connectivity index is 1.72. The molecule has 1 N–H and O–H groups in total. The third-order valence-corrected chi connectivity index (χ3v) is 5.46. The van der Waals surface area contributed by atoms with E-state index in [2.05, 4.69) is 16.8 Å². The van der Waals surface area contributed by atoms with Crippen LogP contribution in [0.3, 0.4) is 0 Å². The van der Waals surface area contributed by atoms with Crippen molar-refractivity contribution in [3.63, 3.8) is 0 Å². The Bertz CT molecular complexity index is 531. The summed E-state index contributed by atoms with van der Waals surface area (Å²) >= 11 is 0. The third kappa shape index (κ3) is 1.64. The van der Waals surface area contributed by atoms with E-state index in [0.29, 0.717) is 11.7 Å². The summed E-state index contributed by atoms with van der Waals surface area (Å²) in [5.74, 6) is 1.30. The molecule has 0 spiro atoms. The summed E-state index contributed by atoms with van der Waals surface area (Å²) in [5.41, 5.74) is 5.10. The van der Waals surface area contributed by atoms with Gasteiger partial charge in [0.2, 0.25) is 0 Å². The number of ketones is 1. The molecule has 102 valence electrons. The standard InChI is InChI=1S/C16H22N2O/c1-2-18-7-6-10-8-14-15(16(19)12(10)9-18)11-4-3-5-13(11)17-14/h10,12,17H,2-9H2,1H3/t10-,12+/m0/s1. The van der Waals surface area contributed by atoms with Crippen LogP contribution in [0, 0.1) is 11.8 Å². The average Bonchev–Trinajstić information content (AvgIpc) is 2.98. The van der Waals surface area contributed by atoms with E-state index in [-0.39, 0.29) is 5.92 Å². The maximum Gasteiger partial charge on any atom is 0.169 e. The van der Waals surface area contributed by atoms with Crippen LogP contribution in [0.15, 0.2) is 0 Å². The molecule has 1 saturated heterocycles. The van der Waals surface area contributed by atoms with Gasteiger partial charge in [0.25, 0.3) is 0 Å². The molecular formula is C16H22N2O. The molecule has 0 radical (unpaired) electrons. The van der Waals surface area contributed by atoms with Crippen molar-refractivity contribution in [2.24, 2.45) is 11.8 Å². The monoisotopic (exact) mass is 258 g/mol. The summed E-state index contributed by atoms with van der Waals surface area (Å²) in [6.07, 6.45) is 5.77. The molecule has 2 aliphatic carbocycles. The summed E-state index contributed by atoms with van der Waals surface area (Å²) in [7, 11) is 0. The second-order valence-electron chi connectivity index (χ2n) is 6.41. The molecule has 3 heteroatoms. The molecule has 1 fully saturated rings. The number of aryl methyl sites for hydroxylation is 1. The molecule has 3 nitrogen and oxygen atoms in total. The van der Waals surface area contributed by atoms with Crippen molar-refractivity contribution >= 4 is 5.78 Å². The fourth-order valence-electron chi connectivity index (χ4n) is 4.38. The van der Waals surface area contributed by atoms with E-state index in [1.807, 2.05) is 0 Å². The molecule has 2 atom stereocenters. The second kappa shape index (κ2) is 4.20. The Hall–Kier alpha value is -1.09. The van der Waals surface area contributed by atoms with Gasteiger partial charge in [0.05, 0.1) is 0 Å². The maximum atomic E-state index is 12.9. The van der Waals surface area contributed by atoms with E-state index >= 15 is 0 Å². The van der Waals surface area contributed by atoms with Crippen LogP contribution in [0.2, 0.25) is 0 Å². The van der Waals surface area contributed by atoms with Gasteiger partial charge in [-0.15, -0.1) is 0 Å². The zero-order valence-corrected chi connectivity index (χ0v) is 11.7. The largest absolute Gasteiger partial charge is 0.361 e. The lowest BCUT2D eigenvalue weighted by Gasteiger charge is -2.39. The molecule has 0 saturated carbocycles. The zero-order valence-electron chi connectivity index (χ0n) is 11.7. The number of nitrogens with one attached hydrogen (secondary N) is 1. The summed E-state index contributed by atoms with van der Waals surface area (Å²) in [4.78, 5) is 18.9. The number of aromatic amines is 1. The van der Waals surface area contributed by atoms with Crippen molar-refractivity contribution in [1.82, 2.24) is 9.88 Å². The van der Waals surface area contributed by atoms with E-state index < -0.39 is 0 Å². The van der Waals surface area contributed by atoms with Crippen LogP contribution >= 0.6 is 0 Å². The quantitative estimate of drug-likeness (QED) is 0.838. The molecule has 19 heavy (non-hydrogen) atoms. The molecule has 2 heterocycles. The lowest BCUT2D eigenvalue weighted by Crippen LogP contribution is -2.46. The lowest BCUT2D eigenvalue weighted by molar-refractivity contribution is 0.0671. The number of piperidine rings is 1. The molecule has 0 aromatic carbocycles. The number of fused-ring (bicyclic) bond motifs is 4. The van der Waals surface area contributed by atoms with Crippen LogP contribution in [0.5, 0.6) is 0 Å². The molecule has 3 aliphatic rings. The Labute approximate surface area is 114 Å². The van der Waals surface area contributed by atoms with E-state index in [1.54, 1.807) is 0 Å². The summed E-state index contributed by atoms with van der Waals surface area (Å²) in [5, 5.41) is 0. The first-order chi connectivity index (χ1) is 9.28. The molecule has 4 rings (SSSR count). The number of carbonyl (C=O) groups is 1. The number of hydrogen-bond acceptors (Lipinski definition) is 2. The Morgan fingerprint density at radius 3 is 3.05 bits per heavy atom. The second-order valence-corrected chi connectivity index (χ2v) is 6.41. The Kier molecular flexibility index (Phi) is 2.59. The van der Waals surface area contributed by atoms with Gasteiger partial charge in [-0.3, -0.25) is 4.79 Å². The van der Waals surface area contributed by atoms with Crippen LogP contribution in [-0.2, 0) is 19.3 Å². The highest BCUT2D eigenvalue weighted by Gasteiger charge is 2.41. The Morgan fingerprint density at radius 2 is 2.21 bits per heavy atom. The molecular weight excluding hydrogens is 236 g/mol. The zero-order chi connectivity index (χ0) is 13.0. The van der Waals surface area contributed by atoms with E-state index in [4.69, 9.17) is 0 Å². The van der Waals surface area contributed by atoms with Crippen LogP contribution in [0.25, 0.3) is 0 Å². The van der Waals surface area contributed by atoms with E-state index in [1.165, 1.54) is 36.3 Å². The van der Waals surface area contributed by atoms with Crippen molar-refractivity contribution in [3.05, 3.63) is 22.5 Å². The van der Waals surface area contributed by atoms with Crippen LogP contribution in [-0.4, -0.2) is 35.3 Å². The molecule has 0 unspecified atom stereocenters. The van der Waals surface area contributed by atoms with E-state index in [9.17, 15) is 4.79 Å². The molecule has 1 aromatic heterocycles. The van der Waals surface area contributed by atoms with Gasteiger partial charge in [0, 0.05) is 29.4 Å². The SMILES string of the molecule is CCN1CC[C@H]2Cc3[nH]c4c(c3C(=O)[C@@H]2C1)CCC4. The van der Waals surface area contributed by atoms with Crippen molar-refractivity contribution < 1.29 is 4.79 Å². The molecule has 0 amide bonds. The predicted molar refractivity (Wildman–Crippen MR) is 74.6 cm³/mol. The number of likely N-dealkylation sites (tertiary alicyclic amines) is 1.